The fraction of sp³-hybridized carbons (Fsp3) is 0.391. The van der Waals surface area contributed by atoms with Gasteiger partial charge >= 0.3 is 11.7 Å². The first-order valence-corrected chi connectivity index (χ1v) is 10.7. The summed E-state index contributed by atoms with van der Waals surface area (Å²) in [6, 6.07) is 10.5. The van der Waals surface area contributed by atoms with E-state index in [0.29, 0.717) is 19.0 Å². The summed E-state index contributed by atoms with van der Waals surface area (Å²) in [5.41, 5.74) is 0.483. The van der Waals surface area contributed by atoms with Crippen LogP contribution < -0.4 is 5.69 Å². The van der Waals surface area contributed by atoms with Crippen molar-refractivity contribution in [1.29, 1.82) is 0 Å². The van der Waals surface area contributed by atoms with Gasteiger partial charge in [-0.1, -0.05) is 44.2 Å². The summed E-state index contributed by atoms with van der Waals surface area (Å²) >= 11 is 0. The third-order valence-electron chi connectivity index (χ3n) is 5.57. The number of fused-ring (bicyclic) bond motifs is 1. The molecule has 2 atom stereocenters. The van der Waals surface area contributed by atoms with E-state index in [1.165, 1.54) is 4.57 Å². The summed E-state index contributed by atoms with van der Waals surface area (Å²) in [5.74, 6) is -2.63. The van der Waals surface area contributed by atoms with Gasteiger partial charge in [-0.3, -0.25) is 4.57 Å². The van der Waals surface area contributed by atoms with E-state index < -0.39 is 29.7 Å². The molecule has 0 bridgehead atoms. The fourth-order valence-corrected chi connectivity index (χ4v) is 3.92. The predicted octanol–water partition coefficient (Wildman–Crippen LogP) is 2.53. The third kappa shape index (κ3) is 4.31. The van der Waals surface area contributed by atoms with Crippen LogP contribution in [0.5, 0.6) is 0 Å². The first kappa shape index (κ1) is 22.8. The molecule has 174 valence electrons. The van der Waals surface area contributed by atoms with Gasteiger partial charge in [-0.25, -0.2) is 19.0 Å². The Morgan fingerprint density at radius 3 is 2.61 bits per heavy atom. The van der Waals surface area contributed by atoms with E-state index in [2.05, 4.69) is 10.1 Å². The minimum absolute atomic E-state index is 0.0389. The van der Waals surface area contributed by atoms with E-state index in [1.807, 2.05) is 44.2 Å². The van der Waals surface area contributed by atoms with Crippen molar-refractivity contribution in [3.05, 3.63) is 75.3 Å². The van der Waals surface area contributed by atoms with Crippen LogP contribution in [0.4, 0.5) is 4.39 Å². The molecule has 1 N–H and O–H groups in total. The number of rotatable bonds is 7. The molecule has 9 nitrogen and oxygen atoms in total. The molecule has 0 aliphatic carbocycles. The zero-order valence-electron chi connectivity index (χ0n) is 18.6. The molecule has 10 heteroatoms. The zero-order chi connectivity index (χ0) is 23.7. The van der Waals surface area contributed by atoms with Gasteiger partial charge in [0.1, 0.15) is 6.61 Å². The molecular formula is C23H25FN4O5. The van der Waals surface area contributed by atoms with Crippen molar-refractivity contribution in [3.8, 4) is 5.82 Å². The number of aromatic nitrogens is 4. The van der Waals surface area contributed by atoms with Crippen molar-refractivity contribution < 1.29 is 23.8 Å². The van der Waals surface area contributed by atoms with Gasteiger partial charge in [-0.15, -0.1) is 5.10 Å². The summed E-state index contributed by atoms with van der Waals surface area (Å²) < 4.78 is 27.9. The number of cyclic esters (lactones) is 1. The highest BCUT2D eigenvalue weighted by Gasteiger charge is 2.39. The summed E-state index contributed by atoms with van der Waals surface area (Å²) in [6.45, 7) is 6.08. The van der Waals surface area contributed by atoms with Gasteiger partial charge in [-0.2, -0.15) is 4.68 Å². The molecule has 1 aliphatic heterocycles. The lowest BCUT2D eigenvalue weighted by Crippen LogP contribution is -2.36. The maximum atomic E-state index is 15.0. The molecule has 2 unspecified atom stereocenters. The first-order valence-electron chi connectivity index (χ1n) is 10.7. The van der Waals surface area contributed by atoms with Crippen molar-refractivity contribution in [3.63, 3.8) is 0 Å². The molecule has 0 fully saturated rings. The number of nitrogens with zero attached hydrogens (tertiary/aromatic N) is 4. The zero-order valence-corrected chi connectivity index (χ0v) is 18.6. The lowest BCUT2D eigenvalue weighted by atomic mass is 9.87. The smallest absolute Gasteiger partial charge is 0.352 e. The van der Waals surface area contributed by atoms with Crippen molar-refractivity contribution >= 4 is 5.97 Å². The van der Waals surface area contributed by atoms with Crippen molar-refractivity contribution in [2.45, 2.75) is 52.7 Å². The SMILES string of the molecule is CCn1c(COCc2ccccc2)nn(-c2nc3c(cc2F)C(=O)OC(O)C3C(C)C)c1=O. The molecule has 0 saturated heterocycles. The summed E-state index contributed by atoms with van der Waals surface area (Å²) in [6.07, 6.45) is -1.41. The number of esters is 1. The highest BCUT2D eigenvalue weighted by molar-refractivity contribution is 5.92. The molecular weight excluding hydrogens is 431 g/mol. The Bertz CT molecular complexity index is 1220. The Hall–Kier alpha value is -3.37. The number of aliphatic hydroxyl groups excluding tert-OH is 1. The molecule has 3 aromatic rings. The van der Waals surface area contributed by atoms with Crippen LogP contribution in [0.1, 0.15) is 54.1 Å². The maximum absolute atomic E-state index is 15.0. The van der Waals surface area contributed by atoms with E-state index in [-0.39, 0.29) is 29.6 Å². The Morgan fingerprint density at radius 2 is 1.94 bits per heavy atom. The summed E-state index contributed by atoms with van der Waals surface area (Å²) in [5, 5.41) is 14.5. The van der Waals surface area contributed by atoms with E-state index >= 15 is 0 Å². The Morgan fingerprint density at radius 1 is 1.21 bits per heavy atom. The number of hydrogen-bond acceptors (Lipinski definition) is 7. The number of pyridine rings is 1. The van der Waals surface area contributed by atoms with Gasteiger partial charge in [-0.05, 0) is 24.5 Å². The number of hydrogen-bond donors (Lipinski definition) is 1. The van der Waals surface area contributed by atoms with Crippen LogP contribution >= 0.6 is 0 Å². The van der Waals surface area contributed by atoms with Crippen LogP contribution in [0.2, 0.25) is 0 Å². The Kier molecular flexibility index (Phi) is 6.39. The standard InChI is InChI=1S/C23H25FN4O5/c1-4-27-17(12-32-11-14-8-6-5-7-9-14)26-28(23(27)31)20-16(24)10-15-19(25-20)18(13(2)3)22(30)33-21(15)29/h5-10,13,18,22,30H,4,11-12H2,1-3H3. The second-order valence-electron chi connectivity index (χ2n) is 8.13. The van der Waals surface area contributed by atoms with E-state index in [0.717, 1.165) is 16.3 Å². The van der Waals surface area contributed by atoms with Crippen molar-refractivity contribution in [1.82, 2.24) is 19.3 Å². The van der Waals surface area contributed by atoms with Gasteiger partial charge in [0.15, 0.2) is 17.5 Å². The molecule has 1 aromatic carbocycles. The van der Waals surface area contributed by atoms with E-state index in [1.54, 1.807) is 6.92 Å². The molecule has 0 saturated carbocycles. The molecule has 3 heterocycles. The van der Waals surface area contributed by atoms with Gasteiger partial charge in [0.25, 0.3) is 0 Å². The molecule has 2 aromatic heterocycles. The minimum Gasteiger partial charge on any atom is -0.432 e. The molecule has 0 spiro atoms. The van der Waals surface area contributed by atoms with Crippen molar-refractivity contribution in [2.24, 2.45) is 5.92 Å². The highest BCUT2D eigenvalue weighted by Crippen LogP contribution is 2.35. The lowest BCUT2D eigenvalue weighted by molar-refractivity contribution is -0.0949. The number of benzene rings is 1. The van der Waals surface area contributed by atoms with Crippen molar-refractivity contribution in [2.75, 3.05) is 0 Å². The number of ether oxygens (including phenoxy) is 2. The number of aliphatic hydroxyl groups is 1. The lowest BCUT2D eigenvalue weighted by Gasteiger charge is -2.31. The monoisotopic (exact) mass is 456 g/mol. The second-order valence-corrected chi connectivity index (χ2v) is 8.13. The van der Waals surface area contributed by atoms with Gasteiger partial charge in [0.2, 0.25) is 6.29 Å². The summed E-state index contributed by atoms with van der Waals surface area (Å²) in [7, 11) is 0. The van der Waals surface area contributed by atoms with Gasteiger partial charge < -0.3 is 14.6 Å². The third-order valence-corrected chi connectivity index (χ3v) is 5.57. The van der Waals surface area contributed by atoms with E-state index in [4.69, 9.17) is 9.47 Å². The Labute approximate surface area is 189 Å². The quantitative estimate of drug-likeness (QED) is 0.544. The van der Waals surface area contributed by atoms with Crippen LogP contribution in [-0.2, 0) is 29.2 Å². The van der Waals surface area contributed by atoms with E-state index in [9.17, 15) is 19.1 Å². The van der Waals surface area contributed by atoms with Gasteiger partial charge in [0, 0.05) is 6.54 Å². The average molecular weight is 456 g/mol. The van der Waals surface area contributed by atoms with Crippen LogP contribution in [0.3, 0.4) is 0 Å². The number of carbonyl (C=O) groups excluding carboxylic acids is 1. The predicted molar refractivity (Wildman–Crippen MR) is 115 cm³/mol. The fourth-order valence-electron chi connectivity index (χ4n) is 3.92. The number of carbonyl (C=O) groups is 1. The second kappa shape index (κ2) is 9.24. The number of halogens is 1. The average Bonchev–Trinajstić information content (AvgIpc) is 3.09. The largest absolute Gasteiger partial charge is 0.432 e. The van der Waals surface area contributed by atoms with Crippen LogP contribution in [-0.4, -0.2) is 36.7 Å². The minimum atomic E-state index is -1.41. The highest BCUT2D eigenvalue weighted by atomic mass is 19.1. The normalized spacial score (nSPS) is 17.8. The van der Waals surface area contributed by atoms with Crippen LogP contribution in [0.15, 0.2) is 41.2 Å². The maximum Gasteiger partial charge on any atom is 0.352 e. The Balaban J connectivity index is 1.70. The first-order chi connectivity index (χ1) is 15.8. The molecule has 0 radical (unpaired) electrons. The summed E-state index contributed by atoms with van der Waals surface area (Å²) in [4.78, 5) is 29.4. The van der Waals surface area contributed by atoms with Crippen LogP contribution in [0.25, 0.3) is 5.82 Å². The van der Waals surface area contributed by atoms with Gasteiger partial charge in [0.05, 0.1) is 23.8 Å². The molecule has 4 rings (SSSR count). The molecule has 0 amide bonds. The van der Waals surface area contributed by atoms with Crippen LogP contribution in [0, 0.1) is 11.7 Å². The molecule has 33 heavy (non-hydrogen) atoms. The topological polar surface area (TPSA) is 108 Å². The molecule has 1 aliphatic rings.